The van der Waals surface area contributed by atoms with Gasteiger partial charge in [0.2, 0.25) is 0 Å². The number of aromatic hydroxyl groups is 1. The van der Waals surface area contributed by atoms with Crippen molar-refractivity contribution in [3.63, 3.8) is 0 Å². The summed E-state index contributed by atoms with van der Waals surface area (Å²) in [5.74, 6) is 1.61. The third kappa shape index (κ3) is 5.11. The molecule has 172 valence electrons. The summed E-state index contributed by atoms with van der Waals surface area (Å²) in [6, 6.07) is 8.41. The largest absolute Gasteiger partial charge is 0.480 e. The summed E-state index contributed by atoms with van der Waals surface area (Å²) in [6.45, 7) is 8.96. The Morgan fingerprint density at radius 3 is 2.50 bits per heavy atom. The van der Waals surface area contributed by atoms with E-state index in [1.165, 1.54) is 12.0 Å². The standard InChI is InChI=1S/C23H32N6O3/c1-15-9-16(2)12-28(11-15)13-17-5-4-6-18(10-17)14-29-21-19(25-23(29)30)20(24)26-22(27-21)32-8-7-31-3/h4-6,10,15-16H,7-9,11-14H2,1-3H3,(H,25,30)(H2,24,26,27). The zero-order chi connectivity index (χ0) is 22.7. The van der Waals surface area contributed by atoms with Crippen LogP contribution in [0.1, 0.15) is 31.4 Å². The predicted molar refractivity (Wildman–Crippen MR) is 123 cm³/mol. The van der Waals surface area contributed by atoms with E-state index in [0.717, 1.165) is 37.0 Å². The Balaban J connectivity index is 1.55. The van der Waals surface area contributed by atoms with Gasteiger partial charge in [0, 0.05) is 26.7 Å². The van der Waals surface area contributed by atoms with Crippen LogP contribution in [0.4, 0.5) is 5.82 Å². The lowest BCUT2D eigenvalue weighted by molar-refractivity contribution is 0.134. The third-order valence-corrected chi connectivity index (χ3v) is 5.78. The van der Waals surface area contributed by atoms with Crippen molar-refractivity contribution in [2.45, 2.75) is 33.4 Å². The van der Waals surface area contributed by atoms with Gasteiger partial charge in [-0.2, -0.15) is 15.0 Å². The highest BCUT2D eigenvalue weighted by Gasteiger charge is 2.22. The molecule has 2 aromatic heterocycles. The van der Waals surface area contributed by atoms with Gasteiger partial charge in [0.15, 0.2) is 17.0 Å². The first-order valence-corrected chi connectivity index (χ1v) is 11.1. The summed E-state index contributed by atoms with van der Waals surface area (Å²) in [6.07, 6.45) is 1.30. The van der Waals surface area contributed by atoms with Crippen LogP contribution in [0.5, 0.6) is 12.0 Å². The number of likely N-dealkylation sites (tertiary alicyclic amines) is 1. The van der Waals surface area contributed by atoms with E-state index in [2.05, 4.69) is 51.9 Å². The van der Waals surface area contributed by atoms with Gasteiger partial charge in [0.05, 0.1) is 13.2 Å². The average molecular weight is 441 g/mol. The lowest BCUT2D eigenvalue weighted by Crippen LogP contribution is -2.38. The van der Waals surface area contributed by atoms with Gasteiger partial charge in [-0.05, 0) is 29.4 Å². The van der Waals surface area contributed by atoms with E-state index in [-0.39, 0.29) is 17.8 Å². The van der Waals surface area contributed by atoms with Gasteiger partial charge in [-0.3, -0.25) is 9.47 Å². The Morgan fingerprint density at radius 1 is 1.06 bits per heavy atom. The maximum absolute atomic E-state index is 10.5. The molecule has 32 heavy (non-hydrogen) atoms. The Morgan fingerprint density at radius 2 is 1.78 bits per heavy atom. The lowest BCUT2D eigenvalue weighted by atomic mass is 9.91. The second kappa shape index (κ2) is 9.70. The van der Waals surface area contributed by atoms with E-state index in [1.54, 1.807) is 11.7 Å². The molecule has 0 radical (unpaired) electrons. The highest BCUT2D eigenvalue weighted by Crippen LogP contribution is 2.26. The Labute approximate surface area is 188 Å². The van der Waals surface area contributed by atoms with Gasteiger partial charge in [-0.25, -0.2) is 0 Å². The summed E-state index contributed by atoms with van der Waals surface area (Å²) >= 11 is 0. The molecule has 1 fully saturated rings. The van der Waals surface area contributed by atoms with Gasteiger partial charge < -0.3 is 20.3 Å². The number of rotatable bonds is 8. The first kappa shape index (κ1) is 22.3. The van der Waals surface area contributed by atoms with Crippen LogP contribution in [-0.2, 0) is 17.8 Å². The van der Waals surface area contributed by atoms with Crippen LogP contribution in [0.3, 0.4) is 0 Å². The fourth-order valence-electron chi connectivity index (χ4n) is 4.60. The number of imidazole rings is 1. The Kier molecular flexibility index (Phi) is 6.76. The van der Waals surface area contributed by atoms with Crippen molar-refractivity contribution >= 4 is 17.0 Å². The Bertz CT molecular complexity index is 1060. The molecule has 0 aliphatic carbocycles. The highest BCUT2D eigenvalue weighted by molar-refractivity contribution is 5.83. The van der Waals surface area contributed by atoms with Crippen molar-refractivity contribution in [2.75, 3.05) is 39.1 Å². The molecule has 1 saturated heterocycles. The topological polar surface area (TPSA) is 112 Å². The van der Waals surface area contributed by atoms with Crippen molar-refractivity contribution in [1.29, 1.82) is 0 Å². The number of hydrogen-bond donors (Lipinski definition) is 2. The maximum atomic E-state index is 10.5. The molecule has 3 N–H and O–H groups in total. The van der Waals surface area contributed by atoms with Gasteiger partial charge in [0.1, 0.15) is 6.61 Å². The Hall–Kier alpha value is -2.91. The number of aromatic nitrogens is 4. The minimum absolute atomic E-state index is 0.135. The normalized spacial score (nSPS) is 19.5. The zero-order valence-electron chi connectivity index (χ0n) is 19.0. The zero-order valence-corrected chi connectivity index (χ0v) is 19.0. The summed E-state index contributed by atoms with van der Waals surface area (Å²) < 4.78 is 12.1. The number of hydrogen-bond acceptors (Lipinski definition) is 8. The summed E-state index contributed by atoms with van der Waals surface area (Å²) in [5.41, 5.74) is 9.13. The molecular weight excluding hydrogens is 408 g/mol. The summed E-state index contributed by atoms with van der Waals surface area (Å²) in [7, 11) is 1.59. The van der Waals surface area contributed by atoms with Crippen molar-refractivity contribution in [3.8, 4) is 12.0 Å². The van der Waals surface area contributed by atoms with Crippen LogP contribution < -0.4 is 10.5 Å². The minimum atomic E-state index is -0.154. The number of anilines is 1. The highest BCUT2D eigenvalue weighted by atomic mass is 16.5. The fourth-order valence-corrected chi connectivity index (χ4v) is 4.60. The number of methoxy groups -OCH3 is 1. The number of nitrogens with zero attached hydrogens (tertiary/aromatic N) is 5. The second-order valence-corrected chi connectivity index (χ2v) is 8.86. The van der Waals surface area contributed by atoms with Crippen molar-refractivity contribution in [2.24, 2.45) is 11.8 Å². The molecule has 9 heteroatoms. The molecule has 1 aliphatic rings. The summed E-state index contributed by atoms with van der Waals surface area (Å²) in [4.78, 5) is 15.2. The number of ether oxygens (including phenoxy) is 2. The number of nitrogen functional groups attached to an aromatic ring is 1. The van der Waals surface area contributed by atoms with Crippen molar-refractivity contribution in [3.05, 3.63) is 35.4 Å². The molecule has 0 spiro atoms. The number of nitrogens with two attached hydrogens (primary N) is 1. The van der Waals surface area contributed by atoms with E-state index >= 15 is 0 Å². The van der Waals surface area contributed by atoms with E-state index in [0.29, 0.717) is 30.9 Å². The van der Waals surface area contributed by atoms with Gasteiger partial charge in [-0.15, -0.1) is 0 Å². The molecule has 0 bridgehead atoms. The van der Waals surface area contributed by atoms with Crippen LogP contribution in [0.25, 0.3) is 11.2 Å². The molecule has 1 aliphatic heterocycles. The molecule has 3 heterocycles. The van der Waals surface area contributed by atoms with Gasteiger partial charge >= 0.3 is 6.01 Å². The van der Waals surface area contributed by atoms with E-state index in [4.69, 9.17) is 15.2 Å². The smallest absolute Gasteiger partial charge is 0.320 e. The quantitative estimate of drug-likeness (QED) is 0.514. The van der Waals surface area contributed by atoms with E-state index in [9.17, 15) is 5.11 Å². The van der Waals surface area contributed by atoms with Gasteiger partial charge in [-0.1, -0.05) is 38.1 Å². The first-order valence-electron chi connectivity index (χ1n) is 11.1. The van der Waals surface area contributed by atoms with E-state index < -0.39 is 0 Å². The predicted octanol–water partition coefficient (Wildman–Crippen LogP) is 2.67. The molecular formula is C23H32N6O3. The van der Waals surface area contributed by atoms with Crippen LogP contribution >= 0.6 is 0 Å². The molecule has 0 amide bonds. The van der Waals surface area contributed by atoms with Crippen LogP contribution in [0.2, 0.25) is 0 Å². The maximum Gasteiger partial charge on any atom is 0.320 e. The number of piperidine rings is 1. The van der Waals surface area contributed by atoms with Crippen molar-refractivity contribution in [1.82, 2.24) is 24.4 Å². The molecule has 2 atom stereocenters. The lowest BCUT2D eigenvalue weighted by Gasteiger charge is -2.35. The number of fused-ring (bicyclic) bond motifs is 1. The van der Waals surface area contributed by atoms with Crippen LogP contribution in [0, 0.1) is 11.8 Å². The second-order valence-electron chi connectivity index (χ2n) is 8.86. The number of benzene rings is 1. The molecule has 2 unspecified atom stereocenters. The molecule has 4 rings (SSSR count). The fraction of sp³-hybridized carbons (Fsp3) is 0.522. The minimum Gasteiger partial charge on any atom is -0.480 e. The van der Waals surface area contributed by atoms with Crippen LogP contribution in [-0.4, -0.2) is 62.9 Å². The SMILES string of the molecule is COCCOc1nc(N)c2nc(O)n(Cc3cccc(CN4CC(C)CC(C)C4)c3)c2n1. The first-order chi connectivity index (χ1) is 15.4. The monoisotopic (exact) mass is 440 g/mol. The van der Waals surface area contributed by atoms with Crippen LogP contribution in [0.15, 0.2) is 24.3 Å². The molecule has 0 saturated carbocycles. The van der Waals surface area contributed by atoms with Crippen molar-refractivity contribution < 1.29 is 14.6 Å². The molecule has 1 aromatic carbocycles. The summed E-state index contributed by atoms with van der Waals surface area (Å²) in [5, 5.41) is 10.5. The molecule has 9 nitrogen and oxygen atoms in total. The van der Waals surface area contributed by atoms with Gasteiger partial charge in [0.25, 0.3) is 6.01 Å². The van der Waals surface area contributed by atoms with E-state index in [1.807, 2.05) is 6.07 Å². The third-order valence-electron chi connectivity index (χ3n) is 5.78. The molecule has 3 aromatic rings. The average Bonchev–Trinajstić information content (AvgIpc) is 3.04.